The summed E-state index contributed by atoms with van der Waals surface area (Å²) in [6.45, 7) is 3.14. The third kappa shape index (κ3) is 2.64. The van der Waals surface area contributed by atoms with Gasteiger partial charge in [-0.05, 0) is 24.0 Å². The first-order valence-electron chi connectivity index (χ1n) is 5.41. The Morgan fingerprint density at radius 3 is 2.75 bits per heavy atom. The molecule has 0 amide bonds. The van der Waals surface area contributed by atoms with E-state index in [4.69, 9.17) is 0 Å². The van der Waals surface area contributed by atoms with Gasteiger partial charge in [0, 0.05) is 29.9 Å². The van der Waals surface area contributed by atoms with E-state index in [0.29, 0.717) is 0 Å². The van der Waals surface area contributed by atoms with Gasteiger partial charge in [-0.15, -0.1) is 0 Å². The van der Waals surface area contributed by atoms with Gasteiger partial charge >= 0.3 is 0 Å². The molecule has 84 valence electrons. The summed E-state index contributed by atoms with van der Waals surface area (Å²) < 4.78 is 2.05. The first-order valence-corrected chi connectivity index (χ1v) is 6.57. The fourth-order valence-corrected chi connectivity index (χ4v) is 2.16. The lowest BCUT2D eigenvalue weighted by atomic mass is 10.2. The van der Waals surface area contributed by atoms with Crippen molar-refractivity contribution in [2.24, 2.45) is 0 Å². The molecule has 0 aliphatic heterocycles. The molecule has 2 aromatic rings. The maximum absolute atomic E-state index is 4.35. The highest BCUT2D eigenvalue weighted by Crippen LogP contribution is 2.17. The zero-order chi connectivity index (χ0) is 11.2. The maximum Gasteiger partial charge on any atom is 0.0683 e. The third-order valence-corrected chi connectivity index (χ3v) is 3.22. The van der Waals surface area contributed by atoms with Crippen molar-refractivity contribution in [3.8, 4) is 11.3 Å². The average Bonchev–Trinajstić information content (AvgIpc) is 2.79. The van der Waals surface area contributed by atoms with Crippen molar-refractivity contribution >= 4 is 11.8 Å². The average molecular weight is 233 g/mol. The molecule has 0 unspecified atom stereocenters. The van der Waals surface area contributed by atoms with Crippen LogP contribution in [-0.4, -0.2) is 26.3 Å². The number of pyridine rings is 1. The molecule has 4 heteroatoms. The second kappa shape index (κ2) is 5.70. The fraction of sp³-hybridized carbons (Fsp3) is 0.333. The predicted octanol–water partition coefficient (Wildman–Crippen LogP) is 2.70. The van der Waals surface area contributed by atoms with Gasteiger partial charge in [-0.3, -0.25) is 9.67 Å². The molecular formula is C12H15N3S. The zero-order valence-corrected chi connectivity index (χ0v) is 10.2. The molecule has 0 radical (unpaired) electrons. The van der Waals surface area contributed by atoms with E-state index in [-0.39, 0.29) is 0 Å². The molecule has 0 N–H and O–H groups in total. The van der Waals surface area contributed by atoms with Gasteiger partial charge in [0.05, 0.1) is 12.2 Å². The summed E-state index contributed by atoms with van der Waals surface area (Å²) in [6.07, 6.45) is 5.48. The molecule has 0 aliphatic rings. The summed E-state index contributed by atoms with van der Waals surface area (Å²) in [5, 5.41) is 4.35. The highest BCUT2D eigenvalue weighted by molar-refractivity contribution is 7.99. The van der Waals surface area contributed by atoms with E-state index in [1.165, 1.54) is 11.3 Å². The maximum atomic E-state index is 4.35. The second-order valence-electron chi connectivity index (χ2n) is 3.37. The first kappa shape index (κ1) is 11.2. The third-order valence-electron chi connectivity index (χ3n) is 2.34. The van der Waals surface area contributed by atoms with Crippen molar-refractivity contribution in [2.75, 3.05) is 11.5 Å². The molecule has 0 saturated heterocycles. The molecule has 0 spiro atoms. The number of aryl methyl sites for hydroxylation is 1. The van der Waals surface area contributed by atoms with Crippen molar-refractivity contribution in [2.45, 2.75) is 13.5 Å². The highest BCUT2D eigenvalue weighted by atomic mass is 32.2. The molecule has 0 saturated carbocycles. The van der Waals surface area contributed by atoms with Crippen molar-refractivity contribution in [3.05, 3.63) is 36.8 Å². The molecular weight excluding hydrogens is 218 g/mol. The molecule has 2 rings (SSSR count). The van der Waals surface area contributed by atoms with Crippen LogP contribution in [0.5, 0.6) is 0 Å². The Morgan fingerprint density at radius 2 is 2.00 bits per heavy atom. The van der Waals surface area contributed by atoms with Crippen LogP contribution in [0.2, 0.25) is 0 Å². The largest absolute Gasteiger partial charge is 0.265 e. The molecule has 0 bridgehead atoms. The Bertz CT molecular complexity index is 425. The fourth-order valence-electron chi connectivity index (χ4n) is 1.57. The first-order chi connectivity index (χ1) is 7.92. The summed E-state index contributed by atoms with van der Waals surface area (Å²) in [7, 11) is 0. The summed E-state index contributed by atoms with van der Waals surface area (Å²) in [5.41, 5.74) is 2.34. The van der Waals surface area contributed by atoms with Gasteiger partial charge in [0.25, 0.3) is 0 Å². The lowest BCUT2D eigenvalue weighted by Crippen LogP contribution is -2.04. The van der Waals surface area contributed by atoms with Crippen LogP contribution in [0.25, 0.3) is 11.3 Å². The summed E-state index contributed by atoms with van der Waals surface area (Å²) >= 11 is 1.94. The summed E-state index contributed by atoms with van der Waals surface area (Å²) in [5.74, 6) is 2.27. The van der Waals surface area contributed by atoms with Crippen LogP contribution >= 0.6 is 11.8 Å². The molecule has 0 aliphatic carbocycles. The number of aromatic nitrogens is 3. The minimum atomic E-state index is 0.961. The number of nitrogens with zero attached hydrogens (tertiary/aromatic N) is 3. The second-order valence-corrected chi connectivity index (χ2v) is 4.77. The Morgan fingerprint density at radius 1 is 1.19 bits per heavy atom. The zero-order valence-electron chi connectivity index (χ0n) is 9.34. The van der Waals surface area contributed by atoms with Gasteiger partial charge in [0.15, 0.2) is 0 Å². The van der Waals surface area contributed by atoms with Crippen LogP contribution in [0.4, 0.5) is 0 Å². The molecule has 0 aromatic carbocycles. The van der Waals surface area contributed by atoms with E-state index in [0.717, 1.165) is 18.1 Å². The van der Waals surface area contributed by atoms with E-state index < -0.39 is 0 Å². The van der Waals surface area contributed by atoms with Gasteiger partial charge in [-0.25, -0.2) is 0 Å². The van der Waals surface area contributed by atoms with E-state index in [1.807, 2.05) is 48.6 Å². The lowest BCUT2D eigenvalue weighted by molar-refractivity contribution is 0.674. The lowest BCUT2D eigenvalue weighted by Gasteiger charge is -2.06. The minimum absolute atomic E-state index is 0.961. The molecule has 2 aromatic heterocycles. The minimum Gasteiger partial charge on any atom is -0.265 e. The number of hydrogen-bond acceptors (Lipinski definition) is 3. The molecule has 16 heavy (non-hydrogen) atoms. The van der Waals surface area contributed by atoms with Crippen LogP contribution in [-0.2, 0) is 6.54 Å². The van der Waals surface area contributed by atoms with Gasteiger partial charge in [-0.1, -0.05) is 6.92 Å². The Hall–Kier alpha value is -1.29. The van der Waals surface area contributed by atoms with Gasteiger partial charge in [-0.2, -0.15) is 16.9 Å². The predicted molar refractivity (Wildman–Crippen MR) is 68.5 cm³/mol. The van der Waals surface area contributed by atoms with Crippen LogP contribution in [0.1, 0.15) is 6.92 Å². The van der Waals surface area contributed by atoms with Crippen molar-refractivity contribution in [1.29, 1.82) is 0 Å². The Labute approximate surface area is 99.9 Å². The van der Waals surface area contributed by atoms with Gasteiger partial charge in [0.2, 0.25) is 0 Å². The van der Waals surface area contributed by atoms with Crippen molar-refractivity contribution < 1.29 is 0 Å². The number of hydrogen-bond donors (Lipinski definition) is 0. The van der Waals surface area contributed by atoms with E-state index in [9.17, 15) is 0 Å². The standard InChI is InChI=1S/C12H15N3S/c1-2-16-10-9-15-12(5-8-14-15)11-3-6-13-7-4-11/h3-8H,2,9-10H2,1H3. The number of thioether (sulfide) groups is 1. The van der Waals surface area contributed by atoms with Crippen LogP contribution in [0.15, 0.2) is 36.8 Å². The van der Waals surface area contributed by atoms with E-state index in [1.54, 1.807) is 0 Å². The van der Waals surface area contributed by atoms with Gasteiger partial charge in [0.1, 0.15) is 0 Å². The molecule has 2 heterocycles. The molecule has 0 fully saturated rings. The van der Waals surface area contributed by atoms with Crippen molar-refractivity contribution in [1.82, 2.24) is 14.8 Å². The van der Waals surface area contributed by atoms with E-state index in [2.05, 4.69) is 21.7 Å². The topological polar surface area (TPSA) is 30.7 Å². The Balaban J connectivity index is 2.13. The normalized spacial score (nSPS) is 10.6. The monoisotopic (exact) mass is 233 g/mol. The van der Waals surface area contributed by atoms with Gasteiger partial charge < -0.3 is 0 Å². The van der Waals surface area contributed by atoms with Crippen LogP contribution < -0.4 is 0 Å². The molecule has 0 atom stereocenters. The summed E-state index contributed by atoms with van der Waals surface area (Å²) in [4.78, 5) is 4.03. The molecule has 3 nitrogen and oxygen atoms in total. The van der Waals surface area contributed by atoms with Crippen LogP contribution in [0, 0.1) is 0 Å². The van der Waals surface area contributed by atoms with Crippen molar-refractivity contribution in [3.63, 3.8) is 0 Å². The SMILES string of the molecule is CCSCCn1nccc1-c1ccncc1. The smallest absolute Gasteiger partial charge is 0.0683 e. The Kier molecular flexibility index (Phi) is 3.99. The van der Waals surface area contributed by atoms with E-state index >= 15 is 0 Å². The highest BCUT2D eigenvalue weighted by Gasteiger charge is 2.04. The summed E-state index contributed by atoms with van der Waals surface area (Å²) in [6, 6.07) is 6.08. The number of rotatable bonds is 5. The quantitative estimate of drug-likeness (QED) is 0.744. The van der Waals surface area contributed by atoms with Crippen LogP contribution in [0.3, 0.4) is 0 Å².